The number of hydrazine groups is 1. The van der Waals surface area contributed by atoms with E-state index in [4.69, 9.17) is 9.84 Å². The van der Waals surface area contributed by atoms with Gasteiger partial charge in [-0.15, -0.1) is 16.2 Å². The van der Waals surface area contributed by atoms with Crippen LogP contribution in [0.2, 0.25) is 0 Å². The number of hydrogen-bond acceptors (Lipinski definition) is 6. The Kier molecular flexibility index (Phi) is 4.13. The van der Waals surface area contributed by atoms with E-state index in [1.165, 1.54) is 17.4 Å². The van der Waals surface area contributed by atoms with Crippen LogP contribution in [0, 0.1) is 0 Å². The molecule has 0 unspecified atom stereocenters. The molecule has 0 aromatic carbocycles. The Bertz CT molecular complexity index is 465. The third-order valence-corrected chi connectivity index (χ3v) is 4.89. The summed E-state index contributed by atoms with van der Waals surface area (Å²) in [6, 6.07) is 1.50. The number of rotatable bonds is 4. The number of thiophene rings is 1. The Morgan fingerprint density at radius 2 is 2.18 bits per heavy atom. The van der Waals surface area contributed by atoms with E-state index in [9.17, 15) is 8.42 Å². The molecule has 1 fully saturated rings. The molecule has 0 atom stereocenters. The van der Waals surface area contributed by atoms with E-state index in [0.29, 0.717) is 31.2 Å². The van der Waals surface area contributed by atoms with Gasteiger partial charge in [0.1, 0.15) is 0 Å². The van der Waals surface area contributed by atoms with Crippen molar-refractivity contribution in [2.75, 3.05) is 26.3 Å². The quantitative estimate of drug-likeness (QED) is 0.795. The number of ether oxygens (including phenoxy) is 1. The lowest BCUT2D eigenvalue weighted by molar-refractivity contribution is 0.0272. The summed E-state index contributed by atoms with van der Waals surface area (Å²) in [5.41, 5.74) is 0. The van der Waals surface area contributed by atoms with Gasteiger partial charge in [-0.05, 0) is 11.4 Å². The summed E-state index contributed by atoms with van der Waals surface area (Å²) in [4.78, 5) is 3.09. The molecule has 1 saturated heterocycles. The van der Waals surface area contributed by atoms with Crippen LogP contribution in [0.15, 0.2) is 16.3 Å². The SMILES string of the molecule is O=S(=O)(NN1CCOCC1)c1ccsc1CO. The van der Waals surface area contributed by atoms with Crippen LogP contribution in [-0.2, 0) is 21.4 Å². The van der Waals surface area contributed by atoms with Gasteiger partial charge in [0.25, 0.3) is 10.0 Å². The molecule has 0 radical (unpaired) electrons. The highest BCUT2D eigenvalue weighted by molar-refractivity contribution is 7.89. The van der Waals surface area contributed by atoms with E-state index >= 15 is 0 Å². The normalized spacial score (nSPS) is 18.4. The highest BCUT2D eigenvalue weighted by Crippen LogP contribution is 2.21. The van der Waals surface area contributed by atoms with Crippen molar-refractivity contribution in [2.45, 2.75) is 11.5 Å². The summed E-state index contributed by atoms with van der Waals surface area (Å²) in [5.74, 6) is 0. The monoisotopic (exact) mass is 278 g/mol. The maximum Gasteiger partial charge on any atom is 0.254 e. The number of nitrogens with one attached hydrogen (secondary N) is 1. The molecule has 1 aromatic rings. The minimum Gasteiger partial charge on any atom is -0.391 e. The van der Waals surface area contributed by atoms with Crippen LogP contribution in [0.25, 0.3) is 0 Å². The number of aliphatic hydroxyl groups excluding tert-OH is 1. The first-order chi connectivity index (χ1) is 8.13. The maximum atomic E-state index is 12.0. The van der Waals surface area contributed by atoms with Crippen LogP contribution < -0.4 is 4.83 Å². The fourth-order valence-corrected chi connectivity index (χ4v) is 3.98. The molecular formula is C9H14N2O4S2. The summed E-state index contributed by atoms with van der Waals surface area (Å²) in [6.07, 6.45) is 0. The molecule has 1 aliphatic rings. The number of hydrogen-bond donors (Lipinski definition) is 2. The van der Waals surface area contributed by atoms with Gasteiger partial charge in [-0.3, -0.25) is 0 Å². The van der Waals surface area contributed by atoms with Crippen molar-refractivity contribution in [1.29, 1.82) is 0 Å². The van der Waals surface area contributed by atoms with Crippen LogP contribution in [0.1, 0.15) is 4.88 Å². The summed E-state index contributed by atoms with van der Waals surface area (Å²) in [5, 5.41) is 12.3. The second kappa shape index (κ2) is 5.42. The molecule has 1 aromatic heterocycles. The van der Waals surface area contributed by atoms with Crippen molar-refractivity contribution in [3.8, 4) is 0 Å². The molecule has 2 heterocycles. The predicted molar refractivity (Wildman–Crippen MR) is 63.0 cm³/mol. The average molecular weight is 278 g/mol. The third kappa shape index (κ3) is 3.03. The predicted octanol–water partition coefficient (Wildman–Crippen LogP) is -0.234. The van der Waals surface area contributed by atoms with Crippen molar-refractivity contribution < 1.29 is 18.3 Å². The van der Waals surface area contributed by atoms with Gasteiger partial charge in [0.15, 0.2) is 0 Å². The molecule has 6 nitrogen and oxygen atoms in total. The number of aliphatic hydroxyl groups is 1. The maximum absolute atomic E-state index is 12.0. The highest BCUT2D eigenvalue weighted by Gasteiger charge is 2.23. The number of nitrogens with zero attached hydrogens (tertiary/aromatic N) is 1. The lowest BCUT2D eigenvalue weighted by atomic mass is 10.5. The van der Waals surface area contributed by atoms with E-state index in [0.717, 1.165) is 0 Å². The Morgan fingerprint density at radius 3 is 2.82 bits per heavy atom. The van der Waals surface area contributed by atoms with Gasteiger partial charge in [-0.1, -0.05) is 0 Å². The van der Waals surface area contributed by atoms with Gasteiger partial charge >= 0.3 is 0 Å². The number of morpholine rings is 1. The highest BCUT2D eigenvalue weighted by atomic mass is 32.2. The Balaban J connectivity index is 2.13. The largest absolute Gasteiger partial charge is 0.391 e. The van der Waals surface area contributed by atoms with E-state index in [2.05, 4.69) is 4.83 Å². The Morgan fingerprint density at radius 1 is 1.47 bits per heavy atom. The van der Waals surface area contributed by atoms with Gasteiger partial charge in [0, 0.05) is 13.1 Å². The summed E-state index contributed by atoms with van der Waals surface area (Å²) in [7, 11) is -3.59. The van der Waals surface area contributed by atoms with Crippen molar-refractivity contribution in [3.05, 3.63) is 16.3 Å². The van der Waals surface area contributed by atoms with E-state index in [-0.39, 0.29) is 11.5 Å². The van der Waals surface area contributed by atoms with Crippen LogP contribution in [0.3, 0.4) is 0 Å². The molecule has 2 rings (SSSR count). The fourth-order valence-electron chi connectivity index (χ4n) is 1.56. The van der Waals surface area contributed by atoms with E-state index in [1.807, 2.05) is 0 Å². The number of sulfonamides is 1. The molecule has 8 heteroatoms. The first-order valence-corrected chi connectivity index (χ1v) is 7.52. The fraction of sp³-hybridized carbons (Fsp3) is 0.556. The van der Waals surface area contributed by atoms with Crippen LogP contribution in [0.4, 0.5) is 0 Å². The first kappa shape index (κ1) is 12.9. The summed E-state index contributed by atoms with van der Waals surface area (Å²) < 4.78 is 29.2. The lowest BCUT2D eigenvalue weighted by Crippen LogP contribution is -2.48. The van der Waals surface area contributed by atoms with Crippen molar-refractivity contribution in [2.24, 2.45) is 0 Å². The van der Waals surface area contributed by atoms with Gasteiger partial charge in [-0.25, -0.2) is 13.4 Å². The molecule has 0 aliphatic carbocycles. The lowest BCUT2D eigenvalue weighted by Gasteiger charge is -2.26. The summed E-state index contributed by atoms with van der Waals surface area (Å²) in [6.45, 7) is 1.81. The van der Waals surface area contributed by atoms with Gasteiger partial charge in [0.2, 0.25) is 0 Å². The molecule has 1 aliphatic heterocycles. The first-order valence-electron chi connectivity index (χ1n) is 5.16. The second-order valence-electron chi connectivity index (χ2n) is 3.56. The van der Waals surface area contributed by atoms with Crippen molar-refractivity contribution >= 4 is 21.4 Å². The Hall–Kier alpha value is -0.510. The zero-order valence-corrected chi connectivity index (χ0v) is 10.8. The van der Waals surface area contributed by atoms with Crippen LogP contribution in [0.5, 0.6) is 0 Å². The molecule has 0 saturated carbocycles. The molecule has 96 valence electrons. The minimum atomic E-state index is -3.59. The smallest absolute Gasteiger partial charge is 0.254 e. The molecule has 17 heavy (non-hydrogen) atoms. The van der Waals surface area contributed by atoms with Crippen molar-refractivity contribution in [3.63, 3.8) is 0 Å². The zero-order valence-electron chi connectivity index (χ0n) is 9.13. The van der Waals surface area contributed by atoms with Crippen LogP contribution in [-0.4, -0.2) is 44.8 Å². The second-order valence-corrected chi connectivity index (χ2v) is 6.19. The zero-order chi connectivity index (χ0) is 12.3. The molecule has 0 spiro atoms. The topological polar surface area (TPSA) is 78.9 Å². The third-order valence-electron chi connectivity index (χ3n) is 2.40. The van der Waals surface area contributed by atoms with E-state index < -0.39 is 10.0 Å². The van der Waals surface area contributed by atoms with Gasteiger partial charge in [-0.2, -0.15) is 0 Å². The molecule has 0 bridgehead atoms. The molecule has 2 N–H and O–H groups in total. The van der Waals surface area contributed by atoms with Crippen LogP contribution >= 0.6 is 11.3 Å². The molecule has 0 amide bonds. The average Bonchev–Trinajstić information content (AvgIpc) is 2.78. The minimum absolute atomic E-state index is 0.150. The van der Waals surface area contributed by atoms with E-state index in [1.54, 1.807) is 10.4 Å². The standard InChI is InChI=1S/C9H14N2O4S2/c12-7-8-9(1-6-16-8)17(13,14)10-11-2-4-15-5-3-11/h1,6,10,12H,2-5,7H2. The molecular weight excluding hydrogens is 264 g/mol. The summed E-state index contributed by atoms with van der Waals surface area (Å²) >= 11 is 1.23. The Labute approximate surface area is 104 Å². The van der Waals surface area contributed by atoms with Gasteiger partial charge in [0.05, 0.1) is 29.6 Å². The van der Waals surface area contributed by atoms with Gasteiger partial charge < -0.3 is 9.84 Å². The van der Waals surface area contributed by atoms with Crippen molar-refractivity contribution in [1.82, 2.24) is 9.84 Å².